The Morgan fingerprint density at radius 2 is 0.641 bits per heavy atom. The lowest BCUT2D eigenvalue weighted by atomic mass is 10.0. The zero-order valence-corrected chi connectivity index (χ0v) is 52.7. The molecule has 3 N–H and O–H groups in total. The number of nitrogens with one attached hydrogen (secondary N) is 1. The maximum atomic E-state index is 12.4. The number of aliphatic hydroxyl groups excluding tert-OH is 2. The van der Waals surface area contributed by atoms with Gasteiger partial charge in [0.2, 0.25) is 5.91 Å². The Hall–Kier alpha value is -1.92. The van der Waals surface area contributed by atoms with Gasteiger partial charge in [-0.05, 0) is 83.5 Å². The van der Waals surface area contributed by atoms with Crippen molar-refractivity contribution in [1.82, 2.24) is 5.32 Å². The van der Waals surface area contributed by atoms with Gasteiger partial charge < -0.3 is 20.3 Å². The van der Waals surface area contributed by atoms with E-state index in [0.29, 0.717) is 25.9 Å². The first kappa shape index (κ1) is 76.1. The van der Waals surface area contributed by atoms with Crippen molar-refractivity contribution in [3.63, 3.8) is 0 Å². The van der Waals surface area contributed by atoms with Gasteiger partial charge >= 0.3 is 5.97 Å². The quantitative estimate of drug-likeness (QED) is 0.0320. The minimum Gasteiger partial charge on any atom is -0.466 e. The maximum Gasteiger partial charge on any atom is 0.305 e. The number of rotatable bonds is 66. The number of unbranched alkanes of at least 4 members (excludes halogenated alkanes) is 49. The zero-order valence-electron chi connectivity index (χ0n) is 52.7. The molecule has 0 rings (SSSR count). The van der Waals surface area contributed by atoms with Gasteiger partial charge in [-0.2, -0.15) is 0 Å². The number of aliphatic hydroxyl groups is 2. The van der Waals surface area contributed by atoms with Crippen molar-refractivity contribution in [2.75, 3.05) is 13.2 Å². The maximum absolute atomic E-state index is 12.4. The summed E-state index contributed by atoms with van der Waals surface area (Å²) in [6.45, 7) is 4.93. The van der Waals surface area contributed by atoms with E-state index < -0.39 is 12.1 Å². The molecule has 2 atom stereocenters. The standard InChI is InChI=1S/C72H137NO5/c1-3-5-7-9-11-13-14-15-16-36-40-43-46-50-54-58-62-66-72(77)78-67-63-59-55-51-47-44-41-38-35-33-31-29-27-25-23-21-19-17-18-20-22-24-26-28-30-32-34-37-39-42-45-49-53-57-61-65-71(76)73-69(68-74)70(75)64-60-56-52-48-12-10-8-6-4-2/h11,13,15-16,19,21,69-70,74-75H,3-10,12,14,17-18,20,22-68H2,1-2H3,(H,73,76)/b13-11-,16-15-,21-19-. The molecule has 0 aliphatic carbocycles. The normalized spacial score (nSPS) is 12.7. The van der Waals surface area contributed by atoms with Gasteiger partial charge in [-0.3, -0.25) is 9.59 Å². The molecule has 0 aliphatic rings. The molecule has 6 nitrogen and oxygen atoms in total. The molecule has 0 heterocycles. The highest BCUT2D eigenvalue weighted by Gasteiger charge is 2.20. The van der Waals surface area contributed by atoms with Crippen molar-refractivity contribution >= 4 is 11.9 Å². The van der Waals surface area contributed by atoms with Crippen molar-refractivity contribution < 1.29 is 24.5 Å². The molecule has 0 aromatic rings. The zero-order chi connectivity index (χ0) is 56.4. The van der Waals surface area contributed by atoms with Crippen LogP contribution >= 0.6 is 0 Å². The van der Waals surface area contributed by atoms with Gasteiger partial charge in [0.05, 0.1) is 25.4 Å². The first-order valence-corrected chi connectivity index (χ1v) is 35.2. The number of hydrogen-bond donors (Lipinski definition) is 3. The largest absolute Gasteiger partial charge is 0.466 e. The van der Waals surface area contributed by atoms with E-state index in [1.807, 2.05) is 0 Å². The molecule has 0 saturated carbocycles. The van der Waals surface area contributed by atoms with Gasteiger partial charge in [-0.15, -0.1) is 0 Å². The lowest BCUT2D eigenvalue weighted by Gasteiger charge is -2.22. The van der Waals surface area contributed by atoms with Crippen molar-refractivity contribution in [2.45, 2.75) is 398 Å². The average Bonchev–Trinajstić information content (AvgIpc) is 3.44. The molecule has 0 bridgehead atoms. The SMILES string of the molecule is CCCCC/C=C\C/C=C\CCCCCCCCCC(=O)OCCCCCCCCCCCCCCCC/C=C\CCCCCCCCCCCCCCCCCCCC(=O)NC(CO)C(O)CCCCCCCCCCC. The van der Waals surface area contributed by atoms with Crippen LogP contribution in [0.4, 0.5) is 0 Å². The van der Waals surface area contributed by atoms with Crippen LogP contribution in [0.25, 0.3) is 0 Å². The summed E-state index contributed by atoms with van der Waals surface area (Å²) in [4.78, 5) is 24.5. The van der Waals surface area contributed by atoms with Crippen LogP contribution in [0.5, 0.6) is 0 Å². The van der Waals surface area contributed by atoms with E-state index in [2.05, 4.69) is 55.6 Å². The predicted molar refractivity (Wildman–Crippen MR) is 343 cm³/mol. The monoisotopic (exact) mass is 1100 g/mol. The van der Waals surface area contributed by atoms with Crippen molar-refractivity contribution in [1.29, 1.82) is 0 Å². The summed E-state index contributed by atoms with van der Waals surface area (Å²) < 4.78 is 5.50. The van der Waals surface area contributed by atoms with Crippen LogP contribution in [-0.4, -0.2) is 47.4 Å². The minimum atomic E-state index is -0.659. The minimum absolute atomic E-state index is 0.0126. The summed E-state index contributed by atoms with van der Waals surface area (Å²) >= 11 is 0. The van der Waals surface area contributed by atoms with Gasteiger partial charge in [0.25, 0.3) is 0 Å². The molecule has 6 heteroatoms. The summed E-state index contributed by atoms with van der Waals surface area (Å²) in [5.41, 5.74) is 0. The van der Waals surface area contributed by atoms with Gasteiger partial charge in [-0.25, -0.2) is 0 Å². The van der Waals surface area contributed by atoms with Crippen molar-refractivity contribution in [2.24, 2.45) is 0 Å². The van der Waals surface area contributed by atoms with E-state index in [1.54, 1.807) is 0 Å². The van der Waals surface area contributed by atoms with Crippen LogP contribution in [0.2, 0.25) is 0 Å². The summed E-state index contributed by atoms with van der Waals surface area (Å²) in [5, 5.41) is 23.1. The Labute approximate surface area is 487 Å². The summed E-state index contributed by atoms with van der Waals surface area (Å²) in [5.74, 6) is -0.0198. The van der Waals surface area contributed by atoms with Crippen LogP contribution < -0.4 is 5.32 Å². The van der Waals surface area contributed by atoms with Crippen LogP contribution in [0.15, 0.2) is 36.5 Å². The van der Waals surface area contributed by atoms with Crippen LogP contribution in [0.3, 0.4) is 0 Å². The highest BCUT2D eigenvalue weighted by atomic mass is 16.5. The second kappa shape index (κ2) is 67.6. The van der Waals surface area contributed by atoms with Crippen LogP contribution in [-0.2, 0) is 14.3 Å². The third kappa shape index (κ3) is 63.3. The lowest BCUT2D eigenvalue weighted by Crippen LogP contribution is -2.45. The topological polar surface area (TPSA) is 95.9 Å². The number of carbonyl (C=O) groups excluding carboxylic acids is 2. The van der Waals surface area contributed by atoms with E-state index in [0.717, 1.165) is 51.4 Å². The number of amides is 1. The van der Waals surface area contributed by atoms with Crippen molar-refractivity contribution in [3.8, 4) is 0 Å². The van der Waals surface area contributed by atoms with Gasteiger partial charge in [-0.1, -0.05) is 326 Å². The second-order valence-electron chi connectivity index (χ2n) is 24.2. The Bertz CT molecular complexity index is 1260. The summed E-state index contributed by atoms with van der Waals surface area (Å²) in [7, 11) is 0. The Morgan fingerprint density at radius 3 is 1.01 bits per heavy atom. The molecule has 460 valence electrons. The third-order valence-electron chi connectivity index (χ3n) is 16.4. The molecule has 0 fully saturated rings. The summed E-state index contributed by atoms with van der Waals surface area (Å²) in [6.07, 6.45) is 86.5. The number of ether oxygens (including phenoxy) is 1. The fourth-order valence-corrected chi connectivity index (χ4v) is 11.0. The van der Waals surface area contributed by atoms with E-state index >= 15 is 0 Å². The molecule has 0 saturated heterocycles. The summed E-state index contributed by atoms with van der Waals surface area (Å²) in [6, 6.07) is -0.536. The molecular formula is C72H137NO5. The Kier molecular flexibility index (Phi) is 65.9. The second-order valence-corrected chi connectivity index (χ2v) is 24.2. The number of carbonyl (C=O) groups is 2. The highest BCUT2D eigenvalue weighted by Crippen LogP contribution is 2.18. The molecule has 2 unspecified atom stereocenters. The number of allylic oxidation sites excluding steroid dienone is 6. The Balaban J connectivity index is 3.31. The van der Waals surface area contributed by atoms with Crippen LogP contribution in [0.1, 0.15) is 386 Å². The fourth-order valence-electron chi connectivity index (χ4n) is 11.0. The molecule has 0 aromatic carbocycles. The molecule has 0 spiro atoms. The lowest BCUT2D eigenvalue weighted by molar-refractivity contribution is -0.143. The van der Waals surface area contributed by atoms with E-state index in [4.69, 9.17) is 4.74 Å². The average molecular weight is 1100 g/mol. The molecule has 0 aromatic heterocycles. The number of esters is 1. The highest BCUT2D eigenvalue weighted by molar-refractivity contribution is 5.76. The van der Waals surface area contributed by atoms with E-state index in [1.165, 1.54) is 302 Å². The van der Waals surface area contributed by atoms with Crippen LogP contribution in [0, 0.1) is 0 Å². The van der Waals surface area contributed by atoms with Gasteiger partial charge in [0.1, 0.15) is 0 Å². The fraction of sp³-hybridized carbons (Fsp3) is 0.889. The molecule has 0 aliphatic heterocycles. The van der Waals surface area contributed by atoms with Crippen molar-refractivity contribution in [3.05, 3.63) is 36.5 Å². The van der Waals surface area contributed by atoms with Gasteiger partial charge in [0, 0.05) is 12.8 Å². The third-order valence-corrected chi connectivity index (χ3v) is 16.4. The first-order valence-electron chi connectivity index (χ1n) is 35.2. The molecule has 78 heavy (non-hydrogen) atoms. The van der Waals surface area contributed by atoms with Gasteiger partial charge in [0.15, 0.2) is 0 Å². The first-order chi connectivity index (χ1) is 38.5. The van der Waals surface area contributed by atoms with E-state index in [-0.39, 0.29) is 18.5 Å². The number of hydrogen-bond acceptors (Lipinski definition) is 5. The van der Waals surface area contributed by atoms with E-state index in [9.17, 15) is 19.8 Å². The Morgan fingerprint density at radius 1 is 0.359 bits per heavy atom. The molecule has 0 radical (unpaired) electrons. The smallest absolute Gasteiger partial charge is 0.305 e. The molecule has 1 amide bonds. The molecular weight excluding hydrogens is 959 g/mol. The predicted octanol–water partition coefficient (Wildman–Crippen LogP) is 22.7.